The van der Waals surface area contributed by atoms with Gasteiger partial charge in [0.2, 0.25) is 0 Å². The Kier molecular flexibility index (Phi) is 5.77. The van der Waals surface area contributed by atoms with Gasteiger partial charge in [0.1, 0.15) is 0 Å². The van der Waals surface area contributed by atoms with Crippen molar-refractivity contribution in [2.45, 2.75) is 59.5 Å². The van der Waals surface area contributed by atoms with Crippen molar-refractivity contribution < 1.29 is 0 Å². The highest BCUT2D eigenvalue weighted by Crippen LogP contribution is 2.14. The topological polar surface area (TPSA) is 6.48 Å². The molecule has 1 atom stereocenters. The number of hydrogen-bond acceptors (Lipinski definition) is 2. The molecule has 0 radical (unpaired) electrons. The van der Waals surface area contributed by atoms with Gasteiger partial charge in [-0.15, -0.1) is 0 Å². The molecule has 1 heterocycles. The smallest absolute Gasteiger partial charge is 0.0195 e. The van der Waals surface area contributed by atoms with E-state index in [4.69, 9.17) is 0 Å². The molecule has 0 aromatic rings. The van der Waals surface area contributed by atoms with Crippen molar-refractivity contribution in [2.75, 3.05) is 26.2 Å². The van der Waals surface area contributed by atoms with Crippen molar-refractivity contribution in [3.8, 4) is 0 Å². The van der Waals surface area contributed by atoms with E-state index in [0.717, 1.165) is 12.0 Å². The lowest BCUT2D eigenvalue weighted by Gasteiger charge is -2.41. The second-order valence-electron chi connectivity index (χ2n) is 6.01. The molecule has 2 heteroatoms. The van der Waals surface area contributed by atoms with E-state index in [1.54, 1.807) is 0 Å². The molecular formula is C14H30N2. The van der Waals surface area contributed by atoms with Gasteiger partial charge in [-0.3, -0.25) is 9.80 Å². The second-order valence-corrected chi connectivity index (χ2v) is 6.01. The summed E-state index contributed by atoms with van der Waals surface area (Å²) in [6, 6.07) is 1.45. The SMILES string of the molecule is CC(C)CCCN1CCN(C(C)C)CC1C. The van der Waals surface area contributed by atoms with E-state index in [0.29, 0.717) is 6.04 Å². The van der Waals surface area contributed by atoms with Crippen LogP contribution in [-0.2, 0) is 0 Å². The normalized spacial score (nSPS) is 24.6. The third kappa shape index (κ3) is 4.42. The van der Waals surface area contributed by atoms with Crippen LogP contribution in [0.2, 0.25) is 0 Å². The Morgan fingerprint density at radius 1 is 1.12 bits per heavy atom. The zero-order valence-electron chi connectivity index (χ0n) is 11.9. The molecule has 0 spiro atoms. The third-order valence-electron chi connectivity index (χ3n) is 3.75. The average molecular weight is 226 g/mol. The molecule has 1 aliphatic heterocycles. The number of hydrogen-bond donors (Lipinski definition) is 0. The standard InChI is InChI=1S/C14H30N2/c1-12(2)7-6-8-15-9-10-16(13(3)4)11-14(15)5/h12-14H,6-11H2,1-5H3. The van der Waals surface area contributed by atoms with Crippen molar-refractivity contribution in [1.29, 1.82) is 0 Å². The average Bonchev–Trinajstić information content (AvgIpc) is 2.19. The van der Waals surface area contributed by atoms with E-state index in [-0.39, 0.29) is 0 Å². The molecule has 0 N–H and O–H groups in total. The fourth-order valence-electron chi connectivity index (χ4n) is 2.53. The molecule has 96 valence electrons. The van der Waals surface area contributed by atoms with E-state index >= 15 is 0 Å². The third-order valence-corrected chi connectivity index (χ3v) is 3.75. The van der Waals surface area contributed by atoms with E-state index < -0.39 is 0 Å². The molecule has 0 saturated carbocycles. The summed E-state index contributed by atoms with van der Waals surface area (Å²) in [5, 5.41) is 0. The summed E-state index contributed by atoms with van der Waals surface area (Å²) >= 11 is 0. The molecule has 0 aliphatic carbocycles. The molecule has 0 aromatic carbocycles. The maximum Gasteiger partial charge on any atom is 0.0195 e. The first-order chi connectivity index (χ1) is 7.50. The first-order valence-electron chi connectivity index (χ1n) is 6.98. The van der Waals surface area contributed by atoms with Crippen LogP contribution in [0.4, 0.5) is 0 Å². The van der Waals surface area contributed by atoms with Gasteiger partial charge in [-0.25, -0.2) is 0 Å². The monoisotopic (exact) mass is 226 g/mol. The first-order valence-corrected chi connectivity index (χ1v) is 6.98. The van der Waals surface area contributed by atoms with Crippen molar-refractivity contribution in [2.24, 2.45) is 5.92 Å². The Balaban J connectivity index is 2.25. The van der Waals surface area contributed by atoms with E-state index in [1.165, 1.54) is 39.0 Å². The van der Waals surface area contributed by atoms with E-state index in [1.807, 2.05) is 0 Å². The lowest BCUT2D eigenvalue weighted by atomic mass is 10.1. The minimum Gasteiger partial charge on any atom is -0.298 e. The molecule has 2 nitrogen and oxygen atoms in total. The van der Waals surface area contributed by atoms with Crippen molar-refractivity contribution in [3.05, 3.63) is 0 Å². The van der Waals surface area contributed by atoms with Crippen LogP contribution >= 0.6 is 0 Å². The fraction of sp³-hybridized carbons (Fsp3) is 1.00. The number of nitrogens with zero attached hydrogens (tertiary/aromatic N) is 2. The van der Waals surface area contributed by atoms with Crippen LogP contribution in [0.5, 0.6) is 0 Å². The highest BCUT2D eigenvalue weighted by molar-refractivity contribution is 4.80. The van der Waals surface area contributed by atoms with E-state index in [9.17, 15) is 0 Å². The highest BCUT2D eigenvalue weighted by atomic mass is 15.3. The van der Waals surface area contributed by atoms with Gasteiger partial charge in [0.15, 0.2) is 0 Å². The second kappa shape index (κ2) is 6.61. The molecule has 1 fully saturated rings. The lowest BCUT2D eigenvalue weighted by molar-refractivity contribution is 0.0631. The predicted octanol–water partition coefficient (Wildman–Crippen LogP) is 2.84. The van der Waals surface area contributed by atoms with Gasteiger partial charge in [-0.2, -0.15) is 0 Å². The van der Waals surface area contributed by atoms with E-state index in [2.05, 4.69) is 44.4 Å². The summed E-state index contributed by atoms with van der Waals surface area (Å²) in [6.07, 6.45) is 2.74. The molecule has 1 unspecified atom stereocenters. The first kappa shape index (κ1) is 14.0. The van der Waals surface area contributed by atoms with Gasteiger partial charge >= 0.3 is 0 Å². The molecule has 1 saturated heterocycles. The predicted molar refractivity (Wildman–Crippen MR) is 71.8 cm³/mol. The lowest BCUT2D eigenvalue weighted by Crippen LogP contribution is -2.53. The van der Waals surface area contributed by atoms with Gasteiger partial charge < -0.3 is 0 Å². The van der Waals surface area contributed by atoms with Crippen LogP contribution in [0.15, 0.2) is 0 Å². The van der Waals surface area contributed by atoms with Crippen LogP contribution in [-0.4, -0.2) is 48.1 Å². The summed E-state index contributed by atoms with van der Waals surface area (Å²) in [6.45, 7) is 16.7. The molecule has 0 amide bonds. The summed E-state index contributed by atoms with van der Waals surface area (Å²) in [7, 11) is 0. The molecule has 1 rings (SSSR count). The summed E-state index contributed by atoms with van der Waals surface area (Å²) in [4.78, 5) is 5.27. The molecular weight excluding hydrogens is 196 g/mol. The largest absolute Gasteiger partial charge is 0.298 e. The zero-order valence-corrected chi connectivity index (χ0v) is 11.9. The van der Waals surface area contributed by atoms with Crippen LogP contribution in [0.25, 0.3) is 0 Å². The minimum absolute atomic E-state index is 0.709. The zero-order chi connectivity index (χ0) is 12.1. The van der Waals surface area contributed by atoms with Crippen LogP contribution in [0.1, 0.15) is 47.5 Å². The van der Waals surface area contributed by atoms with Gasteiger partial charge in [0.05, 0.1) is 0 Å². The van der Waals surface area contributed by atoms with Crippen molar-refractivity contribution >= 4 is 0 Å². The van der Waals surface area contributed by atoms with Gasteiger partial charge in [-0.1, -0.05) is 13.8 Å². The fourth-order valence-corrected chi connectivity index (χ4v) is 2.53. The number of rotatable bonds is 5. The number of piperazine rings is 1. The quantitative estimate of drug-likeness (QED) is 0.711. The Labute approximate surface area is 102 Å². The van der Waals surface area contributed by atoms with Crippen LogP contribution in [0.3, 0.4) is 0 Å². The Morgan fingerprint density at radius 2 is 1.81 bits per heavy atom. The molecule has 0 aromatic heterocycles. The maximum atomic E-state index is 2.67. The Hall–Kier alpha value is -0.0800. The highest BCUT2D eigenvalue weighted by Gasteiger charge is 2.24. The van der Waals surface area contributed by atoms with Crippen LogP contribution in [0, 0.1) is 5.92 Å². The summed E-state index contributed by atoms with van der Waals surface area (Å²) in [5.41, 5.74) is 0. The van der Waals surface area contributed by atoms with Gasteiger partial charge in [0.25, 0.3) is 0 Å². The van der Waals surface area contributed by atoms with Crippen LogP contribution < -0.4 is 0 Å². The minimum atomic E-state index is 0.709. The van der Waals surface area contributed by atoms with Crippen molar-refractivity contribution in [3.63, 3.8) is 0 Å². The molecule has 16 heavy (non-hydrogen) atoms. The summed E-state index contributed by atoms with van der Waals surface area (Å²) < 4.78 is 0. The maximum absolute atomic E-state index is 2.67. The Morgan fingerprint density at radius 3 is 2.31 bits per heavy atom. The van der Waals surface area contributed by atoms with Gasteiger partial charge in [-0.05, 0) is 46.1 Å². The summed E-state index contributed by atoms with van der Waals surface area (Å²) in [5.74, 6) is 0.854. The molecule has 0 bridgehead atoms. The van der Waals surface area contributed by atoms with Gasteiger partial charge in [0, 0.05) is 31.7 Å². The van der Waals surface area contributed by atoms with Crippen molar-refractivity contribution in [1.82, 2.24) is 9.80 Å². The molecule has 1 aliphatic rings. The Bertz CT molecular complexity index is 187.